The fourth-order valence-corrected chi connectivity index (χ4v) is 1.85. The van der Waals surface area contributed by atoms with Crippen molar-refractivity contribution in [1.29, 1.82) is 0 Å². The van der Waals surface area contributed by atoms with Gasteiger partial charge in [0.1, 0.15) is 0 Å². The van der Waals surface area contributed by atoms with Crippen LogP contribution in [0.25, 0.3) is 0 Å². The van der Waals surface area contributed by atoms with Gasteiger partial charge >= 0.3 is 0 Å². The number of nitrogens with one attached hydrogen (secondary N) is 1. The number of rotatable bonds is 8. The molecule has 1 aliphatic heterocycles. The molecule has 1 N–H and O–H groups in total. The second-order valence-corrected chi connectivity index (χ2v) is 3.86. The number of hydrogen-bond donors (Lipinski definition) is 1. The molecule has 1 heterocycles. The van der Waals surface area contributed by atoms with Gasteiger partial charge in [-0.05, 0) is 13.0 Å². The van der Waals surface area contributed by atoms with E-state index in [-0.39, 0.29) is 0 Å². The molecule has 0 saturated carbocycles. The van der Waals surface area contributed by atoms with Crippen molar-refractivity contribution in [2.45, 2.75) is 19.4 Å². The fourth-order valence-electron chi connectivity index (χ4n) is 1.85. The quantitative estimate of drug-likeness (QED) is 0.606. The monoisotopic (exact) mass is 217 g/mol. The summed E-state index contributed by atoms with van der Waals surface area (Å²) in [5.74, 6) is 0.604. The number of hydrogen-bond acceptors (Lipinski definition) is 4. The Morgan fingerprint density at radius 2 is 2.33 bits per heavy atom. The summed E-state index contributed by atoms with van der Waals surface area (Å²) >= 11 is 0. The highest BCUT2D eigenvalue weighted by molar-refractivity contribution is 4.78. The molecule has 1 rings (SSSR count). The van der Waals surface area contributed by atoms with Gasteiger partial charge in [0.2, 0.25) is 0 Å². The highest BCUT2D eigenvalue weighted by Gasteiger charge is 2.24. The summed E-state index contributed by atoms with van der Waals surface area (Å²) in [5, 5.41) is 3.46. The van der Waals surface area contributed by atoms with Gasteiger partial charge in [0, 0.05) is 25.7 Å². The first kappa shape index (κ1) is 12.9. The van der Waals surface area contributed by atoms with E-state index >= 15 is 0 Å². The molecule has 2 atom stereocenters. The maximum atomic E-state index is 5.56. The van der Waals surface area contributed by atoms with E-state index in [1.807, 2.05) is 0 Å². The summed E-state index contributed by atoms with van der Waals surface area (Å²) in [6, 6.07) is 0.425. The molecule has 0 amide bonds. The van der Waals surface area contributed by atoms with Crippen molar-refractivity contribution in [2.75, 3.05) is 46.7 Å². The van der Waals surface area contributed by atoms with Crippen molar-refractivity contribution in [2.24, 2.45) is 5.92 Å². The minimum atomic E-state index is 0.425. The van der Waals surface area contributed by atoms with E-state index in [0.717, 1.165) is 32.8 Å². The lowest BCUT2D eigenvalue weighted by Crippen LogP contribution is -2.40. The number of ether oxygens (including phenoxy) is 3. The molecule has 0 aromatic rings. The first-order chi connectivity index (χ1) is 7.38. The standard InChI is InChI=1S/C11H23NO3/c1-3-12-11(9-15-7-6-13-2)10-4-5-14-8-10/h10-12H,3-9H2,1-2H3. The maximum absolute atomic E-state index is 5.56. The SMILES string of the molecule is CCNC(COCCOC)C1CCOC1. The first-order valence-corrected chi connectivity index (χ1v) is 5.76. The molecular weight excluding hydrogens is 194 g/mol. The largest absolute Gasteiger partial charge is 0.382 e. The van der Waals surface area contributed by atoms with Crippen LogP contribution in [0.15, 0.2) is 0 Å². The van der Waals surface area contributed by atoms with Crippen LogP contribution < -0.4 is 5.32 Å². The van der Waals surface area contributed by atoms with Crippen LogP contribution in [0.5, 0.6) is 0 Å². The summed E-state index contributed by atoms with van der Waals surface area (Å²) in [5.41, 5.74) is 0. The summed E-state index contributed by atoms with van der Waals surface area (Å²) in [6.07, 6.45) is 1.14. The predicted molar refractivity (Wildman–Crippen MR) is 59.1 cm³/mol. The number of likely N-dealkylation sites (N-methyl/N-ethyl adjacent to an activating group) is 1. The van der Waals surface area contributed by atoms with Gasteiger partial charge in [-0.1, -0.05) is 6.92 Å². The van der Waals surface area contributed by atoms with Crippen LogP contribution in [0.2, 0.25) is 0 Å². The summed E-state index contributed by atoms with van der Waals surface area (Å²) in [6.45, 7) is 6.96. The molecule has 90 valence electrons. The van der Waals surface area contributed by atoms with Crippen LogP contribution in [0.3, 0.4) is 0 Å². The van der Waals surface area contributed by atoms with Gasteiger partial charge in [-0.15, -0.1) is 0 Å². The van der Waals surface area contributed by atoms with E-state index in [9.17, 15) is 0 Å². The van der Waals surface area contributed by atoms with E-state index in [1.54, 1.807) is 7.11 Å². The summed E-state index contributed by atoms with van der Waals surface area (Å²) in [4.78, 5) is 0. The van der Waals surface area contributed by atoms with Crippen molar-refractivity contribution >= 4 is 0 Å². The molecule has 4 nitrogen and oxygen atoms in total. The zero-order valence-corrected chi connectivity index (χ0v) is 9.83. The number of methoxy groups -OCH3 is 1. The molecule has 0 aromatic carbocycles. The van der Waals surface area contributed by atoms with Gasteiger partial charge in [-0.2, -0.15) is 0 Å². The van der Waals surface area contributed by atoms with E-state index < -0.39 is 0 Å². The second-order valence-electron chi connectivity index (χ2n) is 3.86. The van der Waals surface area contributed by atoms with E-state index in [1.165, 1.54) is 0 Å². The van der Waals surface area contributed by atoms with Crippen molar-refractivity contribution < 1.29 is 14.2 Å². The van der Waals surface area contributed by atoms with Crippen LogP contribution >= 0.6 is 0 Å². The fraction of sp³-hybridized carbons (Fsp3) is 1.00. The highest BCUT2D eigenvalue weighted by Crippen LogP contribution is 2.16. The molecule has 4 heteroatoms. The van der Waals surface area contributed by atoms with Gasteiger partial charge in [-0.25, -0.2) is 0 Å². The second kappa shape index (κ2) is 8.05. The van der Waals surface area contributed by atoms with E-state index in [2.05, 4.69) is 12.2 Å². The smallest absolute Gasteiger partial charge is 0.0701 e. The normalized spacial score (nSPS) is 23.2. The van der Waals surface area contributed by atoms with Gasteiger partial charge in [-0.3, -0.25) is 0 Å². The maximum Gasteiger partial charge on any atom is 0.0701 e. The van der Waals surface area contributed by atoms with Crippen LogP contribution in [-0.2, 0) is 14.2 Å². The molecule has 1 fully saturated rings. The Balaban J connectivity index is 2.17. The third-order valence-corrected chi connectivity index (χ3v) is 2.73. The van der Waals surface area contributed by atoms with Gasteiger partial charge in [0.25, 0.3) is 0 Å². The minimum absolute atomic E-state index is 0.425. The Morgan fingerprint density at radius 3 is 2.93 bits per heavy atom. The molecule has 0 aromatic heterocycles. The lowest BCUT2D eigenvalue weighted by Gasteiger charge is -2.23. The first-order valence-electron chi connectivity index (χ1n) is 5.76. The topological polar surface area (TPSA) is 39.7 Å². The highest BCUT2D eigenvalue weighted by atomic mass is 16.5. The molecule has 0 bridgehead atoms. The molecule has 0 aliphatic carbocycles. The Morgan fingerprint density at radius 1 is 1.47 bits per heavy atom. The Labute approximate surface area is 92.3 Å². The summed E-state index contributed by atoms with van der Waals surface area (Å²) < 4.78 is 15.9. The lowest BCUT2D eigenvalue weighted by atomic mass is 10.00. The van der Waals surface area contributed by atoms with Gasteiger partial charge in [0.05, 0.1) is 26.4 Å². The lowest BCUT2D eigenvalue weighted by molar-refractivity contribution is 0.0475. The molecule has 0 radical (unpaired) electrons. The molecular formula is C11H23NO3. The van der Waals surface area contributed by atoms with Crippen molar-refractivity contribution in [1.82, 2.24) is 5.32 Å². The van der Waals surface area contributed by atoms with E-state index in [4.69, 9.17) is 14.2 Å². The van der Waals surface area contributed by atoms with Crippen LogP contribution in [-0.4, -0.2) is 52.7 Å². The van der Waals surface area contributed by atoms with Crippen LogP contribution in [0, 0.1) is 5.92 Å². The van der Waals surface area contributed by atoms with Gasteiger partial charge in [0.15, 0.2) is 0 Å². The average molecular weight is 217 g/mol. The third kappa shape index (κ3) is 4.93. The average Bonchev–Trinajstić information content (AvgIpc) is 2.76. The molecule has 2 unspecified atom stereocenters. The molecule has 1 aliphatic rings. The Bertz CT molecular complexity index is 149. The van der Waals surface area contributed by atoms with Crippen LogP contribution in [0.4, 0.5) is 0 Å². The Kier molecular flexibility index (Phi) is 6.92. The Hall–Kier alpha value is -0.160. The predicted octanol–water partition coefficient (Wildman–Crippen LogP) is 0.664. The molecule has 0 spiro atoms. The molecule has 1 saturated heterocycles. The van der Waals surface area contributed by atoms with E-state index in [0.29, 0.717) is 25.2 Å². The minimum Gasteiger partial charge on any atom is -0.382 e. The molecule has 15 heavy (non-hydrogen) atoms. The van der Waals surface area contributed by atoms with Gasteiger partial charge < -0.3 is 19.5 Å². The zero-order chi connectivity index (χ0) is 10.9. The zero-order valence-electron chi connectivity index (χ0n) is 9.83. The van der Waals surface area contributed by atoms with Crippen molar-refractivity contribution in [3.8, 4) is 0 Å². The third-order valence-electron chi connectivity index (χ3n) is 2.73. The van der Waals surface area contributed by atoms with Crippen molar-refractivity contribution in [3.05, 3.63) is 0 Å². The van der Waals surface area contributed by atoms with Crippen LogP contribution in [0.1, 0.15) is 13.3 Å². The van der Waals surface area contributed by atoms with Crippen molar-refractivity contribution in [3.63, 3.8) is 0 Å². The summed E-state index contributed by atoms with van der Waals surface area (Å²) in [7, 11) is 1.69.